The number of benzene rings is 2. The van der Waals surface area contributed by atoms with Crippen molar-refractivity contribution in [3.8, 4) is 5.69 Å². The summed E-state index contributed by atoms with van der Waals surface area (Å²) in [6.07, 6.45) is 3.32. The number of amides is 1. The molecule has 0 unspecified atom stereocenters. The van der Waals surface area contributed by atoms with Crippen LogP contribution in [0, 0.1) is 5.82 Å². The minimum atomic E-state index is -3.52. The second-order valence-corrected chi connectivity index (χ2v) is 8.34. The molecule has 1 amide bonds. The number of rotatable bonds is 7. The van der Waals surface area contributed by atoms with Crippen molar-refractivity contribution in [2.75, 3.05) is 5.43 Å². The van der Waals surface area contributed by atoms with Crippen LogP contribution in [0.1, 0.15) is 23.3 Å². The highest BCUT2D eigenvalue weighted by Gasteiger charge is 2.27. The van der Waals surface area contributed by atoms with E-state index in [1.54, 1.807) is 30.5 Å². The first-order chi connectivity index (χ1) is 13.9. The number of carbonyl (C=O) groups is 1. The van der Waals surface area contributed by atoms with Gasteiger partial charge in [-0.05, 0) is 67.4 Å². The Kier molecular flexibility index (Phi) is 5.03. The minimum Gasteiger partial charge on any atom is -0.298 e. The van der Waals surface area contributed by atoms with Gasteiger partial charge in [-0.2, -0.15) is 5.10 Å². The maximum atomic E-state index is 13.0. The van der Waals surface area contributed by atoms with Crippen molar-refractivity contribution in [3.05, 3.63) is 72.3 Å². The molecular weight excluding hydrogens is 397 g/mol. The molecular formula is C19H18FN5O3S. The number of aromatic nitrogens is 2. The number of hydrogen-bond donors (Lipinski definition) is 3. The SMILES string of the molecule is O=C(NNc1ccc(S(=O)(=O)NC2CC2)cc1)c1ccn(-c2ccc(F)cc2)n1. The fraction of sp³-hybridized carbons (Fsp3) is 0.158. The van der Waals surface area contributed by atoms with Crippen LogP contribution in [0.15, 0.2) is 65.7 Å². The first-order valence-corrected chi connectivity index (χ1v) is 10.4. The van der Waals surface area contributed by atoms with Gasteiger partial charge in [0, 0.05) is 12.2 Å². The Hall–Kier alpha value is -3.24. The van der Waals surface area contributed by atoms with Crippen molar-refractivity contribution in [3.63, 3.8) is 0 Å². The van der Waals surface area contributed by atoms with Crippen LogP contribution in [0.5, 0.6) is 0 Å². The fourth-order valence-electron chi connectivity index (χ4n) is 2.58. The Labute approximate surface area is 166 Å². The second kappa shape index (κ2) is 7.64. The van der Waals surface area contributed by atoms with Gasteiger partial charge >= 0.3 is 0 Å². The lowest BCUT2D eigenvalue weighted by molar-refractivity contribution is 0.0957. The summed E-state index contributed by atoms with van der Waals surface area (Å²) in [5, 5.41) is 4.16. The number of nitrogens with zero attached hydrogens (tertiary/aromatic N) is 2. The molecule has 3 N–H and O–H groups in total. The quantitative estimate of drug-likeness (QED) is 0.513. The highest BCUT2D eigenvalue weighted by atomic mass is 32.2. The summed E-state index contributed by atoms with van der Waals surface area (Å²) in [5.74, 6) is -0.830. The number of hydrogen-bond acceptors (Lipinski definition) is 5. The zero-order valence-corrected chi connectivity index (χ0v) is 16.0. The summed E-state index contributed by atoms with van der Waals surface area (Å²) in [7, 11) is -3.52. The molecule has 1 saturated carbocycles. The van der Waals surface area contributed by atoms with E-state index in [0.717, 1.165) is 12.8 Å². The summed E-state index contributed by atoms with van der Waals surface area (Å²) >= 11 is 0. The number of nitrogens with one attached hydrogen (secondary N) is 3. The Morgan fingerprint density at radius 1 is 1.03 bits per heavy atom. The van der Waals surface area contributed by atoms with Crippen LogP contribution >= 0.6 is 0 Å². The largest absolute Gasteiger partial charge is 0.298 e. The van der Waals surface area contributed by atoms with E-state index in [9.17, 15) is 17.6 Å². The Morgan fingerprint density at radius 3 is 2.38 bits per heavy atom. The van der Waals surface area contributed by atoms with Gasteiger partial charge in [0.05, 0.1) is 16.3 Å². The van der Waals surface area contributed by atoms with Crippen LogP contribution in [-0.2, 0) is 10.0 Å². The third kappa shape index (κ3) is 4.61. The number of anilines is 1. The van der Waals surface area contributed by atoms with Gasteiger partial charge in [-0.15, -0.1) is 0 Å². The van der Waals surface area contributed by atoms with Crippen LogP contribution in [0.2, 0.25) is 0 Å². The summed E-state index contributed by atoms with van der Waals surface area (Å²) in [5.41, 5.74) is 6.51. The molecule has 8 nitrogen and oxygen atoms in total. The molecule has 1 heterocycles. The molecule has 0 radical (unpaired) electrons. The lowest BCUT2D eigenvalue weighted by Gasteiger charge is -2.09. The van der Waals surface area contributed by atoms with Gasteiger partial charge in [0.1, 0.15) is 5.82 Å². The van der Waals surface area contributed by atoms with Gasteiger partial charge in [-0.25, -0.2) is 22.2 Å². The molecule has 10 heteroatoms. The fourth-order valence-corrected chi connectivity index (χ4v) is 3.89. The normalized spacial score (nSPS) is 13.8. The average Bonchev–Trinajstić information content (AvgIpc) is 3.37. The van der Waals surface area contributed by atoms with Crippen LogP contribution < -0.4 is 15.6 Å². The summed E-state index contributed by atoms with van der Waals surface area (Å²) in [6.45, 7) is 0. The van der Waals surface area contributed by atoms with Crippen molar-refractivity contribution >= 4 is 21.6 Å². The molecule has 0 atom stereocenters. The van der Waals surface area contributed by atoms with Gasteiger partial charge in [0.25, 0.3) is 5.91 Å². The van der Waals surface area contributed by atoms with E-state index >= 15 is 0 Å². The molecule has 29 heavy (non-hydrogen) atoms. The van der Waals surface area contributed by atoms with Crippen molar-refractivity contribution in [1.29, 1.82) is 0 Å². The van der Waals surface area contributed by atoms with Crippen LogP contribution in [-0.4, -0.2) is 30.1 Å². The van der Waals surface area contributed by atoms with E-state index in [4.69, 9.17) is 0 Å². The van der Waals surface area contributed by atoms with Crippen molar-refractivity contribution in [1.82, 2.24) is 19.9 Å². The van der Waals surface area contributed by atoms with Crippen molar-refractivity contribution in [2.45, 2.75) is 23.8 Å². The first-order valence-electron chi connectivity index (χ1n) is 8.91. The highest BCUT2D eigenvalue weighted by molar-refractivity contribution is 7.89. The monoisotopic (exact) mass is 415 g/mol. The maximum absolute atomic E-state index is 13.0. The topological polar surface area (TPSA) is 105 Å². The third-order valence-electron chi connectivity index (χ3n) is 4.30. The molecule has 1 aromatic heterocycles. The summed E-state index contributed by atoms with van der Waals surface area (Å²) in [6, 6.07) is 13.3. The van der Waals surface area contributed by atoms with E-state index in [2.05, 4.69) is 20.7 Å². The molecule has 2 aromatic carbocycles. The van der Waals surface area contributed by atoms with Crippen LogP contribution in [0.3, 0.4) is 0 Å². The zero-order valence-electron chi connectivity index (χ0n) is 15.2. The summed E-state index contributed by atoms with van der Waals surface area (Å²) < 4.78 is 41.4. The first kappa shape index (κ1) is 19.1. The van der Waals surface area contributed by atoms with E-state index < -0.39 is 15.9 Å². The smallest absolute Gasteiger partial charge is 0.290 e. The standard InChI is InChI=1S/C19H18FN5O3S/c20-13-1-7-16(8-2-13)25-12-11-18(23-25)19(26)22-21-14-5-9-17(10-6-14)29(27,28)24-15-3-4-15/h1-2,5-12,15,21,24H,3-4H2,(H,22,26). The Morgan fingerprint density at radius 2 is 1.72 bits per heavy atom. The van der Waals surface area contributed by atoms with E-state index in [1.165, 1.54) is 35.0 Å². The highest BCUT2D eigenvalue weighted by Crippen LogP contribution is 2.22. The van der Waals surface area contributed by atoms with Gasteiger partial charge in [-0.3, -0.25) is 15.6 Å². The number of halogens is 1. The van der Waals surface area contributed by atoms with E-state index in [-0.39, 0.29) is 22.4 Å². The molecule has 150 valence electrons. The molecule has 0 spiro atoms. The molecule has 3 aromatic rings. The van der Waals surface area contributed by atoms with Crippen molar-refractivity contribution < 1.29 is 17.6 Å². The predicted molar refractivity (Wildman–Crippen MR) is 104 cm³/mol. The average molecular weight is 415 g/mol. The Balaban J connectivity index is 1.36. The van der Waals surface area contributed by atoms with Crippen molar-refractivity contribution in [2.24, 2.45) is 0 Å². The van der Waals surface area contributed by atoms with Gasteiger partial charge in [-0.1, -0.05) is 0 Å². The molecule has 0 saturated heterocycles. The van der Waals surface area contributed by atoms with Crippen LogP contribution in [0.4, 0.5) is 10.1 Å². The molecule has 0 bridgehead atoms. The molecule has 0 aliphatic heterocycles. The van der Waals surface area contributed by atoms with Gasteiger partial charge in [0.15, 0.2) is 5.69 Å². The van der Waals surface area contributed by atoms with E-state index in [0.29, 0.717) is 11.4 Å². The third-order valence-corrected chi connectivity index (χ3v) is 5.83. The van der Waals surface area contributed by atoms with Crippen LogP contribution in [0.25, 0.3) is 5.69 Å². The minimum absolute atomic E-state index is 0.0341. The number of sulfonamides is 1. The molecule has 1 aliphatic rings. The maximum Gasteiger partial charge on any atom is 0.290 e. The number of carbonyl (C=O) groups excluding carboxylic acids is 1. The zero-order chi connectivity index (χ0) is 20.4. The second-order valence-electron chi connectivity index (χ2n) is 6.62. The van der Waals surface area contributed by atoms with Gasteiger partial charge < -0.3 is 0 Å². The molecule has 1 aliphatic carbocycles. The summed E-state index contributed by atoms with van der Waals surface area (Å²) in [4.78, 5) is 12.4. The van der Waals surface area contributed by atoms with Gasteiger partial charge in [0.2, 0.25) is 10.0 Å². The lowest BCUT2D eigenvalue weighted by atomic mass is 10.3. The predicted octanol–water partition coefficient (Wildman–Crippen LogP) is 2.21. The molecule has 4 rings (SSSR count). The number of hydrazine groups is 1. The lowest BCUT2D eigenvalue weighted by Crippen LogP contribution is -2.30. The Bertz CT molecular complexity index is 1120. The molecule has 1 fully saturated rings. The van der Waals surface area contributed by atoms with E-state index in [1.807, 2.05) is 0 Å².